The van der Waals surface area contributed by atoms with Crippen LogP contribution >= 0.6 is 0 Å². The fourth-order valence-electron chi connectivity index (χ4n) is 4.54. The first-order chi connectivity index (χ1) is 17.0. The number of imide groups is 1. The monoisotopic (exact) mass is 469 g/mol. The smallest absolute Gasteiger partial charge is 0.261 e. The van der Waals surface area contributed by atoms with Gasteiger partial charge in [0.25, 0.3) is 11.8 Å². The van der Waals surface area contributed by atoms with E-state index in [9.17, 15) is 19.2 Å². The van der Waals surface area contributed by atoms with Crippen LogP contribution in [0.5, 0.6) is 0 Å². The molecule has 35 heavy (non-hydrogen) atoms. The summed E-state index contributed by atoms with van der Waals surface area (Å²) in [5, 5.41) is 7.36. The summed E-state index contributed by atoms with van der Waals surface area (Å²) in [5.41, 5.74) is 1.96. The SMILES string of the molecule is O=C(CCCN1C(=O)c2cccc3cccc(c23)C1=O)NC(Cc1ccccc1)C(=O)NC1CC1. The van der Waals surface area contributed by atoms with E-state index in [0.29, 0.717) is 29.4 Å². The van der Waals surface area contributed by atoms with E-state index in [4.69, 9.17) is 0 Å². The fraction of sp³-hybridized carbons (Fsp3) is 0.286. The van der Waals surface area contributed by atoms with Crippen LogP contribution in [0.3, 0.4) is 0 Å². The summed E-state index contributed by atoms with van der Waals surface area (Å²) in [7, 11) is 0. The van der Waals surface area contributed by atoms with Crippen molar-refractivity contribution in [1.29, 1.82) is 0 Å². The van der Waals surface area contributed by atoms with Crippen molar-refractivity contribution in [2.45, 2.75) is 44.2 Å². The third-order valence-corrected chi connectivity index (χ3v) is 6.50. The Balaban J connectivity index is 1.21. The molecule has 5 rings (SSSR count). The normalized spacial score (nSPS) is 15.7. The lowest BCUT2D eigenvalue weighted by molar-refractivity contribution is -0.129. The van der Waals surface area contributed by atoms with Crippen LogP contribution in [0.4, 0.5) is 0 Å². The standard InChI is InChI=1S/C28H27N3O4/c32-24(30-23(26(33)29-20-14-15-20)17-18-7-2-1-3-8-18)13-6-16-31-27(34)21-11-4-9-19-10-5-12-22(25(19)21)28(31)35/h1-5,7-12,20,23H,6,13-17H2,(H,29,33)(H,30,32). The molecule has 0 radical (unpaired) electrons. The molecule has 1 aliphatic heterocycles. The molecule has 0 aromatic heterocycles. The minimum atomic E-state index is -0.673. The highest BCUT2D eigenvalue weighted by Gasteiger charge is 2.32. The fourth-order valence-corrected chi connectivity index (χ4v) is 4.54. The average molecular weight is 470 g/mol. The Hall–Kier alpha value is -4.00. The van der Waals surface area contributed by atoms with E-state index in [2.05, 4.69) is 10.6 Å². The summed E-state index contributed by atoms with van der Waals surface area (Å²) in [4.78, 5) is 52.7. The lowest BCUT2D eigenvalue weighted by Gasteiger charge is -2.27. The molecular weight excluding hydrogens is 442 g/mol. The van der Waals surface area contributed by atoms with Crippen molar-refractivity contribution in [1.82, 2.24) is 15.5 Å². The zero-order chi connectivity index (χ0) is 24.4. The predicted octanol–water partition coefficient (Wildman–Crippen LogP) is 3.22. The molecule has 1 aliphatic carbocycles. The summed E-state index contributed by atoms with van der Waals surface area (Å²) in [5.74, 6) is -1.15. The lowest BCUT2D eigenvalue weighted by atomic mass is 9.94. The Labute approximate surface area is 203 Å². The van der Waals surface area contributed by atoms with Crippen LogP contribution in [0.1, 0.15) is 52.0 Å². The molecule has 3 aromatic carbocycles. The maximum atomic E-state index is 13.0. The first kappa shape index (κ1) is 22.8. The van der Waals surface area contributed by atoms with Gasteiger partial charge >= 0.3 is 0 Å². The molecule has 7 heteroatoms. The zero-order valence-electron chi connectivity index (χ0n) is 19.3. The Morgan fingerprint density at radius 3 is 2.17 bits per heavy atom. The summed E-state index contributed by atoms with van der Waals surface area (Å²) in [6.07, 6.45) is 2.74. The van der Waals surface area contributed by atoms with E-state index in [1.165, 1.54) is 4.90 Å². The molecule has 1 atom stereocenters. The van der Waals surface area contributed by atoms with Crippen molar-refractivity contribution in [3.8, 4) is 0 Å². The second kappa shape index (κ2) is 9.70. The van der Waals surface area contributed by atoms with Gasteiger partial charge in [-0.25, -0.2) is 0 Å². The van der Waals surface area contributed by atoms with E-state index >= 15 is 0 Å². The highest BCUT2D eigenvalue weighted by molar-refractivity contribution is 6.25. The molecule has 0 spiro atoms. The van der Waals surface area contributed by atoms with E-state index in [1.54, 1.807) is 24.3 Å². The summed E-state index contributed by atoms with van der Waals surface area (Å²) < 4.78 is 0. The van der Waals surface area contributed by atoms with Gasteiger partial charge in [0, 0.05) is 41.9 Å². The maximum Gasteiger partial charge on any atom is 0.261 e. The molecule has 0 saturated heterocycles. The summed E-state index contributed by atoms with van der Waals surface area (Å²) >= 11 is 0. The van der Waals surface area contributed by atoms with Gasteiger partial charge in [-0.2, -0.15) is 0 Å². The van der Waals surface area contributed by atoms with Gasteiger partial charge in [0.2, 0.25) is 11.8 Å². The zero-order valence-corrected chi connectivity index (χ0v) is 19.3. The number of nitrogens with one attached hydrogen (secondary N) is 2. The Morgan fingerprint density at radius 2 is 1.54 bits per heavy atom. The Kier molecular flexibility index (Phi) is 6.31. The second-order valence-corrected chi connectivity index (χ2v) is 9.17. The van der Waals surface area contributed by atoms with Crippen molar-refractivity contribution >= 4 is 34.4 Å². The molecule has 1 unspecified atom stereocenters. The third kappa shape index (κ3) is 4.94. The van der Waals surface area contributed by atoms with Crippen LogP contribution in [0.25, 0.3) is 10.8 Å². The molecule has 1 saturated carbocycles. The predicted molar refractivity (Wildman–Crippen MR) is 132 cm³/mol. The van der Waals surface area contributed by atoms with E-state index in [0.717, 1.165) is 23.8 Å². The summed E-state index contributed by atoms with van der Waals surface area (Å²) in [6.45, 7) is 0.132. The van der Waals surface area contributed by atoms with Gasteiger partial charge in [0.1, 0.15) is 6.04 Å². The van der Waals surface area contributed by atoms with Crippen LogP contribution in [0, 0.1) is 0 Å². The average Bonchev–Trinajstić information content (AvgIpc) is 3.68. The summed E-state index contributed by atoms with van der Waals surface area (Å²) in [6, 6.07) is 19.9. The lowest BCUT2D eigenvalue weighted by Crippen LogP contribution is -2.48. The van der Waals surface area contributed by atoms with Crippen LogP contribution < -0.4 is 10.6 Å². The first-order valence-electron chi connectivity index (χ1n) is 12.0. The molecule has 3 aromatic rings. The quantitative estimate of drug-likeness (QED) is 0.471. The number of amides is 4. The van der Waals surface area contributed by atoms with Crippen LogP contribution in [-0.2, 0) is 16.0 Å². The molecule has 7 nitrogen and oxygen atoms in total. The van der Waals surface area contributed by atoms with Gasteiger partial charge in [-0.1, -0.05) is 54.6 Å². The number of carbonyl (C=O) groups excluding carboxylic acids is 4. The molecule has 0 bridgehead atoms. The topological polar surface area (TPSA) is 95.6 Å². The number of hydrogen-bond acceptors (Lipinski definition) is 4. The number of rotatable bonds is 9. The third-order valence-electron chi connectivity index (χ3n) is 6.50. The highest BCUT2D eigenvalue weighted by Crippen LogP contribution is 2.30. The maximum absolute atomic E-state index is 13.0. The van der Waals surface area contributed by atoms with Crippen LogP contribution in [0.15, 0.2) is 66.7 Å². The van der Waals surface area contributed by atoms with Crippen molar-refractivity contribution in [2.75, 3.05) is 6.54 Å². The van der Waals surface area contributed by atoms with Crippen LogP contribution in [-0.4, -0.2) is 47.2 Å². The van der Waals surface area contributed by atoms with Crippen molar-refractivity contribution in [2.24, 2.45) is 0 Å². The van der Waals surface area contributed by atoms with Crippen LogP contribution in [0.2, 0.25) is 0 Å². The number of benzene rings is 3. The van der Waals surface area contributed by atoms with Gasteiger partial charge in [0.15, 0.2) is 0 Å². The van der Waals surface area contributed by atoms with E-state index in [-0.39, 0.29) is 42.6 Å². The Morgan fingerprint density at radius 1 is 0.886 bits per heavy atom. The van der Waals surface area contributed by atoms with E-state index in [1.807, 2.05) is 42.5 Å². The highest BCUT2D eigenvalue weighted by atomic mass is 16.2. The number of nitrogens with zero attached hydrogens (tertiary/aromatic N) is 1. The van der Waals surface area contributed by atoms with Gasteiger partial charge in [-0.3, -0.25) is 24.1 Å². The number of carbonyl (C=O) groups is 4. The van der Waals surface area contributed by atoms with E-state index < -0.39 is 6.04 Å². The van der Waals surface area contributed by atoms with Crippen molar-refractivity contribution < 1.29 is 19.2 Å². The largest absolute Gasteiger partial charge is 0.352 e. The minimum Gasteiger partial charge on any atom is -0.352 e. The van der Waals surface area contributed by atoms with Gasteiger partial charge < -0.3 is 10.6 Å². The molecule has 2 N–H and O–H groups in total. The molecule has 4 amide bonds. The van der Waals surface area contributed by atoms with Gasteiger partial charge in [-0.15, -0.1) is 0 Å². The number of hydrogen-bond donors (Lipinski definition) is 2. The van der Waals surface area contributed by atoms with Gasteiger partial charge in [0.05, 0.1) is 0 Å². The minimum absolute atomic E-state index is 0.102. The molecule has 1 heterocycles. The van der Waals surface area contributed by atoms with Gasteiger partial charge in [-0.05, 0) is 42.3 Å². The van der Waals surface area contributed by atoms with Crippen molar-refractivity contribution in [3.63, 3.8) is 0 Å². The Bertz CT molecular complexity index is 1250. The molecule has 2 aliphatic rings. The molecular formula is C28H27N3O4. The molecule has 178 valence electrons. The first-order valence-corrected chi connectivity index (χ1v) is 12.0. The second-order valence-electron chi connectivity index (χ2n) is 9.17. The van der Waals surface area contributed by atoms with Crippen molar-refractivity contribution in [3.05, 3.63) is 83.4 Å². The molecule has 1 fully saturated rings.